The van der Waals surface area contributed by atoms with Gasteiger partial charge in [-0.2, -0.15) is 5.01 Å². The highest BCUT2D eigenvalue weighted by Gasteiger charge is 2.28. The average molecular weight is 343 g/mol. The molecule has 0 unspecified atom stereocenters. The van der Waals surface area contributed by atoms with Crippen molar-refractivity contribution >= 4 is 28.6 Å². The number of hydrogen-bond donors (Lipinski definition) is 1. The second-order valence-electron chi connectivity index (χ2n) is 6.68. The van der Waals surface area contributed by atoms with Crippen molar-refractivity contribution in [2.45, 2.75) is 33.3 Å². The summed E-state index contributed by atoms with van der Waals surface area (Å²) in [6.07, 6.45) is -0.605. The van der Waals surface area contributed by atoms with Gasteiger partial charge in [0.25, 0.3) is 0 Å². The van der Waals surface area contributed by atoms with Crippen molar-refractivity contribution in [1.82, 2.24) is 10.3 Å². The van der Waals surface area contributed by atoms with Crippen molar-refractivity contribution in [3.05, 3.63) is 42.5 Å². The lowest BCUT2D eigenvalue weighted by molar-refractivity contribution is 0.0290. The Labute approximate surface area is 148 Å². The van der Waals surface area contributed by atoms with Crippen LogP contribution in [-0.2, 0) is 4.74 Å². The van der Waals surface area contributed by atoms with Gasteiger partial charge in [-0.15, -0.1) is 0 Å². The third-order valence-corrected chi connectivity index (χ3v) is 3.46. The van der Waals surface area contributed by atoms with Gasteiger partial charge >= 0.3 is 12.1 Å². The lowest BCUT2D eigenvalue weighted by atomic mass is 10.1. The van der Waals surface area contributed by atoms with E-state index in [0.29, 0.717) is 12.2 Å². The molecule has 0 radical (unpaired) electrons. The number of nitrogens with zero attached hydrogens (tertiary/aromatic N) is 2. The average Bonchev–Trinajstić information content (AvgIpc) is 2.53. The van der Waals surface area contributed by atoms with Gasteiger partial charge in [-0.3, -0.25) is 0 Å². The maximum atomic E-state index is 12.6. The van der Waals surface area contributed by atoms with Crippen LogP contribution in [0.3, 0.4) is 0 Å². The lowest BCUT2D eigenvalue weighted by Gasteiger charge is -2.33. The van der Waals surface area contributed by atoms with Gasteiger partial charge < -0.3 is 10.1 Å². The van der Waals surface area contributed by atoms with E-state index in [1.807, 2.05) is 43.3 Å². The van der Waals surface area contributed by atoms with Crippen molar-refractivity contribution < 1.29 is 14.3 Å². The summed E-state index contributed by atoms with van der Waals surface area (Å²) >= 11 is 0. The van der Waals surface area contributed by atoms with Gasteiger partial charge in [-0.1, -0.05) is 30.3 Å². The minimum absolute atomic E-state index is 0.397. The number of amides is 3. The van der Waals surface area contributed by atoms with E-state index in [-0.39, 0.29) is 0 Å². The molecule has 3 amide bonds. The topological polar surface area (TPSA) is 61.9 Å². The number of urea groups is 1. The predicted molar refractivity (Wildman–Crippen MR) is 99.5 cm³/mol. The van der Waals surface area contributed by atoms with Crippen LogP contribution < -0.4 is 10.3 Å². The minimum Gasteiger partial charge on any atom is -0.442 e. The first-order valence-electron chi connectivity index (χ1n) is 8.26. The number of benzene rings is 2. The van der Waals surface area contributed by atoms with E-state index < -0.39 is 17.7 Å². The SMILES string of the molecule is CCNC(=O)N(c1ccc2ccccc2c1)N(C)C(=O)OC(C)(C)C. The Morgan fingerprint density at radius 3 is 2.32 bits per heavy atom. The number of nitrogens with one attached hydrogen (secondary N) is 1. The number of hydrogen-bond acceptors (Lipinski definition) is 3. The van der Waals surface area contributed by atoms with Crippen molar-refractivity contribution in [1.29, 1.82) is 0 Å². The highest BCUT2D eigenvalue weighted by molar-refractivity contribution is 5.96. The molecule has 0 bridgehead atoms. The second kappa shape index (κ2) is 7.42. The van der Waals surface area contributed by atoms with Gasteiger partial charge in [-0.25, -0.2) is 14.6 Å². The highest BCUT2D eigenvalue weighted by atomic mass is 16.6. The standard InChI is InChI=1S/C19H25N3O3/c1-6-20-17(23)22(21(5)18(24)25-19(2,3)4)16-12-11-14-9-7-8-10-15(14)13-16/h7-13H,6H2,1-5H3,(H,20,23). The summed E-state index contributed by atoms with van der Waals surface area (Å²) in [6.45, 7) is 7.62. The van der Waals surface area contributed by atoms with Crippen LogP contribution >= 0.6 is 0 Å². The highest BCUT2D eigenvalue weighted by Crippen LogP contribution is 2.24. The molecule has 2 rings (SSSR count). The smallest absolute Gasteiger partial charge is 0.429 e. The van der Waals surface area contributed by atoms with Crippen LogP contribution in [-0.4, -0.2) is 36.3 Å². The third-order valence-electron chi connectivity index (χ3n) is 3.46. The van der Waals surface area contributed by atoms with Crippen LogP contribution in [0.1, 0.15) is 27.7 Å². The summed E-state index contributed by atoms with van der Waals surface area (Å²) in [5.74, 6) is 0. The number of anilines is 1. The fourth-order valence-corrected chi connectivity index (χ4v) is 2.37. The summed E-state index contributed by atoms with van der Waals surface area (Å²) < 4.78 is 5.38. The Morgan fingerprint density at radius 2 is 1.72 bits per heavy atom. The zero-order chi connectivity index (χ0) is 18.6. The summed E-state index contributed by atoms with van der Waals surface area (Å²) in [6, 6.07) is 13.0. The van der Waals surface area contributed by atoms with Crippen LogP contribution in [0.5, 0.6) is 0 Å². The quantitative estimate of drug-likeness (QED) is 0.833. The molecule has 0 atom stereocenters. The van der Waals surface area contributed by atoms with Gasteiger partial charge in [0, 0.05) is 13.6 Å². The number of carbonyl (C=O) groups excluding carboxylic acids is 2. The van der Waals surface area contributed by atoms with Crippen LogP contribution in [0.15, 0.2) is 42.5 Å². The monoisotopic (exact) mass is 343 g/mol. The van der Waals surface area contributed by atoms with Crippen molar-refractivity contribution in [2.24, 2.45) is 0 Å². The predicted octanol–water partition coefficient (Wildman–Crippen LogP) is 4.16. The first kappa shape index (κ1) is 18.6. The van der Waals surface area contributed by atoms with Crippen molar-refractivity contribution in [3.63, 3.8) is 0 Å². The summed E-state index contributed by atoms with van der Waals surface area (Å²) in [5, 5.41) is 7.23. The van der Waals surface area contributed by atoms with E-state index in [9.17, 15) is 9.59 Å². The molecule has 6 heteroatoms. The maximum Gasteiger partial charge on any atom is 0.429 e. The molecule has 0 aromatic heterocycles. The summed E-state index contributed by atoms with van der Waals surface area (Å²) in [7, 11) is 1.51. The lowest BCUT2D eigenvalue weighted by Crippen LogP contribution is -2.53. The van der Waals surface area contributed by atoms with Crippen molar-refractivity contribution in [2.75, 3.05) is 18.6 Å². The van der Waals surface area contributed by atoms with Gasteiger partial charge in [-0.05, 0) is 50.6 Å². The van der Waals surface area contributed by atoms with Gasteiger partial charge in [0.2, 0.25) is 0 Å². The minimum atomic E-state index is -0.651. The molecule has 0 fully saturated rings. The first-order valence-corrected chi connectivity index (χ1v) is 8.26. The van der Waals surface area contributed by atoms with E-state index in [1.165, 1.54) is 17.1 Å². The zero-order valence-corrected chi connectivity index (χ0v) is 15.4. The molecule has 0 aliphatic carbocycles. The van der Waals surface area contributed by atoms with Crippen LogP contribution in [0.25, 0.3) is 10.8 Å². The van der Waals surface area contributed by atoms with Gasteiger partial charge in [0.15, 0.2) is 0 Å². The Hall–Kier alpha value is -2.76. The molecular formula is C19H25N3O3. The Balaban J connectivity index is 2.40. The third kappa shape index (κ3) is 4.62. The van der Waals surface area contributed by atoms with E-state index in [2.05, 4.69) is 5.32 Å². The van der Waals surface area contributed by atoms with Gasteiger partial charge in [0.05, 0.1) is 5.69 Å². The number of fused-ring (bicyclic) bond motifs is 1. The van der Waals surface area contributed by atoms with Crippen LogP contribution in [0.2, 0.25) is 0 Å². The molecule has 0 saturated heterocycles. The summed E-state index contributed by atoms with van der Waals surface area (Å²) in [5.41, 5.74) is -0.0697. The second-order valence-corrected chi connectivity index (χ2v) is 6.68. The Bertz CT molecular complexity index is 768. The molecule has 134 valence electrons. The van der Waals surface area contributed by atoms with Crippen molar-refractivity contribution in [3.8, 4) is 0 Å². The molecule has 2 aromatic carbocycles. The number of ether oxygens (including phenoxy) is 1. The molecule has 1 N–H and O–H groups in total. The summed E-state index contributed by atoms with van der Waals surface area (Å²) in [4.78, 5) is 25.0. The number of carbonyl (C=O) groups is 2. The van der Waals surface area contributed by atoms with E-state index >= 15 is 0 Å². The number of rotatable bonds is 2. The fourth-order valence-electron chi connectivity index (χ4n) is 2.37. The molecule has 0 spiro atoms. The van der Waals surface area contributed by atoms with E-state index in [4.69, 9.17) is 4.74 Å². The maximum absolute atomic E-state index is 12.6. The number of hydrazine groups is 1. The first-order chi connectivity index (χ1) is 11.7. The fraction of sp³-hybridized carbons (Fsp3) is 0.368. The Morgan fingerprint density at radius 1 is 1.08 bits per heavy atom. The van der Waals surface area contributed by atoms with Crippen LogP contribution in [0.4, 0.5) is 15.3 Å². The molecular weight excluding hydrogens is 318 g/mol. The molecule has 0 aliphatic heterocycles. The molecule has 0 aliphatic rings. The molecule has 25 heavy (non-hydrogen) atoms. The van der Waals surface area contributed by atoms with E-state index in [1.54, 1.807) is 26.8 Å². The Kier molecular flexibility index (Phi) is 5.51. The largest absolute Gasteiger partial charge is 0.442 e. The molecule has 0 saturated carbocycles. The van der Waals surface area contributed by atoms with E-state index in [0.717, 1.165) is 10.8 Å². The zero-order valence-electron chi connectivity index (χ0n) is 15.4. The molecule has 0 heterocycles. The molecule has 6 nitrogen and oxygen atoms in total. The molecule has 2 aromatic rings. The van der Waals surface area contributed by atoms with Crippen LogP contribution in [0, 0.1) is 0 Å². The van der Waals surface area contributed by atoms with Gasteiger partial charge in [0.1, 0.15) is 5.60 Å². The normalized spacial score (nSPS) is 11.1.